The molecule has 3 atom stereocenters. The number of nitrogens with zero attached hydrogens (tertiary/aromatic N) is 2. The van der Waals surface area contributed by atoms with Crippen LogP contribution in [0.4, 0.5) is 0 Å². The topological polar surface area (TPSA) is 26.7 Å². The van der Waals surface area contributed by atoms with E-state index in [1.165, 1.54) is 24.8 Å². The molecule has 3 rings (SSSR count). The van der Waals surface area contributed by atoms with Gasteiger partial charge in [-0.25, -0.2) is 0 Å². The summed E-state index contributed by atoms with van der Waals surface area (Å²) in [4.78, 5) is 4.94. The number of hydrogen-bond acceptors (Lipinski definition) is 3. The van der Waals surface area contributed by atoms with E-state index in [1.54, 1.807) is 0 Å². The molecule has 0 aromatic heterocycles. The molecule has 2 aliphatic rings. The third-order valence-electron chi connectivity index (χ3n) is 6.88. The largest absolute Gasteiger partial charge is 0.389 e. The Kier molecular flexibility index (Phi) is 7.61. The number of benzene rings is 1. The highest BCUT2D eigenvalue weighted by atomic mass is 35.5. The highest BCUT2D eigenvalue weighted by Crippen LogP contribution is 2.46. The van der Waals surface area contributed by atoms with Gasteiger partial charge >= 0.3 is 0 Å². The summed E-state index contributed by atoms with van der Waals surface area (Å²) in [5.41, 5.74) is 0.605. The Morgan fingerprint density at radius 3 is 2.70 bits per heavy atom. The Morgan fingerprint density at radius 1 is 1.22 bits per heavy atom. The number of likely N-dealkylation sites (N-methyl/N-ethyl adjacent to an activating group) is 1. The van der Waals surface area contributed by atoms with Gasteiger partial charge in [0.1, 0.15) is 0 Å². The Hall–Kier alpha value is -0.610. The van der Waals surface area contributed by atoms with Crippen LogP contribution in [-0.4, -0.2) is 60.3 Å². The van der Waals surface area contributed by atoms with Gasteiger partial charge in [0.15, 0.2) is 0 Å². The SMILES string of the molecule is CCCCC1CCCCC1(O)C(CN1CCN(C)CC1)c1cccc(Cl)c1. The van der Waals surface area contributed by atoms with E-state index in [0.29, 0.717) is 5.92 Å². The van der Waals surface area contributed by atoms with Crippen LogP contribution in [0.3, 0.4) is 0 Å². The van der Waals surface area contributed by atoms with Crippen molar-refractivity contribution in [2.45, 2.75) is 63.4 Å². The minimum Gasteiger partial charge on any atom is -0.389 e. The normalized spacial score (nSPS) is 29.0. The van der Waals surface area contributed by atoms with Crippen LogP contribution in [0, 0.1) is 5.92 Å². The molecule has 0 radical (unpaired) electrons. The van der Waals surface area contributed by atoms with Crippen LogP contribution in [0.5, 0.6) is 0 Å². The molecule has 0 bridgehead atoms. The second-order valence-corrected chi connectivity index (χ2v) is 9.22. The van der Waals surface area contributed by atoms with Crippen molar-refractivity contribution in [1.29, 1.82) is 0 Å². The lowest BCUT2D eigenvalue weighted by atomic mass is 9.65. The molecule has 1 aromatic rings. The number of unbranched alkanes of at least 4 members (excludes halogenated alkanes) is 1. The summed E-state index contributed by atoms with van der Waals surface area (Å²) in [5, 5.41) is 12.8. The lowest BCUT2D eigenvalue weighted by Gasteiger charge is -2.48. The van der Waals surface area contributed by atoms with Crippen molar-refractivity contribution in [3.05, 3.63) is 34.9 Å². The van der Waals surface area contributed by atoms with Crippen LogP contribution < -0.4 is 0 Å². The van der Waals surface area contributed by atoms with Crippen molar-refractivity contribution in [3.8, 4) is 0 Å². The number of aliphatic hydroxyl groups is 1. The Morgan fingerprint density at radius 2 is 2.00 bits per heavy atom. The minimum atomic E-state index is -0.610. The van der Waals surface area contributed by atoms with E-state index in [9.17, 15) is 5.11 Å². The highest BCUT2D eigenvalue weighted by molar-refractivity contribution is 6.30. The van der Waals surface area contributed by atoms with Gasteiger partial charge in [0.25, 0.3) is 0 Å². The van der Waals surface area contributed by atoms with E-state index in [-0.39, 0.29) is 5.92 Å². The quantitative estimate of drug-likeness (QED) is 0.723. The zero-order valence-corrected chi connectivity index (χ0v) is 17.9. The molecule has 3 unspecified atom stereocenters. The van der Waals surface area contributed by atoms with E-state index in [1.807, 2.05) is 12.1 Å². The molecular formula is C23H37ClN2O. The number of hydrogen-bond donors (Lipinski definition) is 1. The molecule has 2 fully saturated rings. The summed E-state index contributed by atoms with van der Waals surface area (Å²) in [6.07, 6.45) is 8.04. The van der Waals surface area contributed by atoms with Gasteiger partial charge in [-0.2, -0.15) is 0 Å². The van der Waals surface area contributed by atoms with Crippen LogP contribution in [0.2, 0.25) is 5.02 Å². The van der Waals surface area contributed by atoms with Crippen molar-refractivity contribution < 1.29 is 5.11 Å². The predicted octanol–water partition coefficient (Wildman–Crippen LogP) is 4.78. The molecule has 1 N–H and O–H groups in total. The summed E-state index contributed by atoms with van der Waals surface area (Å²) in [6.45, 7) is 7.58. The molecule has 0 spiro atoms. The van der Waals surface area contributed by atoms with Gasteiger partial charge in [0.2, 0.25) is 0 Å². The summed E-state index contributed by atoms with van der Waals surface area (Å²) in [7, 11) is 2.20. The van der Waals surface area contributed by atoms with E-state index in [4.69, 9.17) is 11.6 Å². The molecule has 1 aliphatic heterocycles. The molecule has 1 heterocycles. The van der Waals surface area contributed by atoms with E-state index < -0.39 is 5.60 Å². The van der Waals surface area contributed by atoms with E-state index in [0.717, 1.165) is 63.4 Å². The maximum Gasteiger partial charge on any atom is 0.0756 e. The highest BCUT2D eigenvalue weighted by Gasteiger charge is 2.46. The Bertz CT molecular complexity index is 587. The van der Waals surface area contributed by atoms with Crippen molar-refractivity contribution in [2.75, 3.05) is 39.8 Å². The lowest BCUT2D eigenvalue weighted by molar-refractivity contribution is -0.0819. The lowest BCUT2D eigenvalue weighted by Crippen LogP contribution is -2.52. The summed E-state index contributed by atoms with van der Waals surface area (Å²) in [6, 6.07) is 8.25. The van der Waals surface area contributed by atoms with Crippen LogP contribution in [0.1, 0.15) is 63.4 Å². The van der Waals surface area contributed by atoms with E-state index in [2.05, 4.69) is 35.9 Å². The van der Waals surface area contributed by atoms with Crippen molar-refractivity contribution >= 4 is 11.6 Å². The first-order valence-electron chi connectivity index (χ1n) is 10.9. The zero-order valence-electron chi connectivity index (χ0n) is 17.2. The Balaban J connectivity index is 1.87. The first kappa shape index (κ1) is 21.1. The molecule has 0 amide bonds. The molecular weight excluding hydrogens is 356 g/mol. The van der Waals surface area contributed by atoms with Crippen molar-refractivity contribution in [1.82, 2.24) is 9.80 Å². The fourth-order valence-corrected chi connectivity index (χ4v) is 5.32. The first-order chi connectivity index (χ1) is 13.0. The first-order valence-corrected chi connectivity index (χ1v) is 11.3. The standard InChI is InChI=1S/C23H37ClN2O/c1-3-4-9-20-10-5-6-12-23(20,27)22(19-8-7-11-21(24)17-19)18-26-15-13-25(2)14-16-26/h7-8,11,17,20,22,27H,3-6,9-10,12-16,18H2,1-2H3. The number of halogens is 1. The Labute approximate surface area is 170 Å². The average molecular weight is 393 g/mol. The second-order valence-electron chi connectivity index (χ2n) is 8.79. The third-order valence-corrected chi connectivity index (χ3v) is 7.12. The molecule has 1 saturated heterocycles. The van der Waals surface area contributed by atoms with Crippen LogP contribution in [0.25, 0.3) is 0 Å². The number of rotatable bonds is 7. The predicted molar refractivity (Wildman–Crippen MR) is 115 cm³/mol. The molecule has 1 saturated carbocycles. The summed E-state index contributed by atoms with van der Waals surface area (Å²) in [5.74, 6) is 0.546. The maximum atomic E-state index is 12.1. The van der Waals surface area contributed by atoms with Gasteiger partial charge in [-0.1, -0.05) is 56.3 Å². The molecule has 1 aliphatic carbocycles. The summed E-state index contributed by atoms with van der Waals surface area (Å²) < 4.78 is 0. The minimum absolute atomic E-state index is 0.141. The van der Waals surface area contributed by atoms with Gasteiger partial charge in [-0.3, -0.25) is 0 Å². The molecule has 1 aromatic carbocycles. The maximum absolute atomic E-state index is 12.1. The fraction of sp³-hybridized carbons (Fsp3) is 0.739. The third kappa shape index (κ3) is 5.26. The van der Waals surface area contributed by atoms with Crippen LogP contribution >= 0.6 is 11.6 Å². The molecule has 152 valence electrons. The van der Waals surface area contributed by atoms with Gasteiger partial charge < -0.3 is 14.9 Å². The molecule has 4 heteroatoms. The summed E-state index contributed by atoms with van der Waals surface area (Å²) >= 11 is 6.35. The van der Waals surface area contributed by atoms with Gasteiger partial charge in [0.05, 0.1) is 5.60 Å². The van der Waals surface area contributed by atoms with Gasteiger partial charge in [-0.05, 0) is 49.9 Å². The average Bonchev–Trinajstić information content (AvgIpc) is 2.67. The van der Waals surface area contributed by atoms with Gasteiger partial charge in [-0.15, -0.1) is 0 Å². The molecule has 27 heavy (non-hydrogen) atoms. The zero-order chi connectivity index (χ0) is 19.3. The van der Waals surface area contributed by atoms with Crippen LogP contribution in [-0.2, 0) is 0 Å². The van der Waals surface area contributed by atoms with Crippen molar-refractivity contribution in [2.24, 2.45) is 5.92 Å². The van der Waals surface area contributed by atoms with Crippen molar-refractivity contribution in [3.63, 3.8) is 0 Å². The van der Waals surface area contributed by atoms with Gasteiger partial charge in [0, 0.05) is 43.7 Å². The van der Waals surface area contributed by atoms with Crippen LogP contribution in [0.15, 0.2) is 24.3 Å². The fourth-order valence-electron chi connectivity index (χ4n) is 5.12. The smallest absolute Gasteiger partial charge is 0.0756 e. The number of piperazine rings is 1. The monoisotopic (exact) mass is 392 g/mol. The van der Waals surface area contributed by atoms with E-state index >= 15 is 0 Å². The molecule has 3 nitrogen and oxygen atoms in total. The second kappa shape index (κ2) is 9.73.